The lowest BCUT2D eigenvalue weighted by atomic mass is 10.1. The van der Waals surface area contributed by atoms with E-state index in [1.807, 2.05) is 0 Å². The predicted octanol–water partition coefficient (Wildman–Crippen LogP) is 3.61. The molecule has 0 heterocycles. The third-order valence-corrected chi connectivity index (χ3v) is 3.40. The molecular weight excluding hydrogens is 297 g/mol. The third kappa shape index (κ3) is 4.98. The molecular formula is C13H20IN. The molecule has 0 fully saturated rings. The van der Waals surface area contributed by atoms with E-state index in [0.717, 1.165) is 13.1 Å². The average molecular weight is 317 g/mol. The minimum atomic E-state index is 1.00. The van der Waals surface area contributed by atoms with Gasteiger partial charge in [-0.25, -0.2) is 0 Å². The molecule has 0 aliphatic carbocycles. The van der Waals surface area contributed by atoms with Crippen LogP contribution in [0.15, 0.2) is 18.2 Å². The van der Waals surface area contributed by atoms with Gasteiger partial charge in [-0.3, -0.25) is 0 Å². The highest BCUT2D eigenvalue weighted by atomic mass is 127. The Hall–Kier alpha value is -0.0900. The molecule has 0 saturated heterocycles. The number of hydrogen-bond donors (Lipinski definition) is 1. The topological polar surface area (TPSA) is 12.0 Å². The van der Waals surface area contributed by atoms with Gasteiger partial charge in [-0.15, -0.1) is 0 Å². The second-order valence-corrected chi connectivity index (χ2v) is 5.07. The maximum Gasteiger partial charge on any atom is 0.0205 e. The van der Waals surface area contributed by atoms with Gasteiger partial charge in [0.05, 0.1) is 0 Å². The first-order chi connectivity index (χ1) is 7.24. The Labute approximate surface area is 107 Å². The van der Waals surface area contributed by atoms with Gasteiger partial charge in [0.25, 0.3) is 0 Å². The van der Waals surface area contributed by atoms with Crippen molar-refractivity contribution >= 4 is 22.6 Å². The summed E-state index contributed by atoms with van der Waals surface area (Å²) in [5.41, 5.74) is 4.16. The van der Waals surface area contributed by atoms with E-state index in [2.05, 4.69) is 60.0 Å². The Balaban J connectivity index is 2.28. The monoisotopic (exact) mass is 317 g/mol. The molecule has 0 aliphatic heterocycles. The quantitative estimate of drug-likeness (QED) is 0.480. The maximum absolute atomic E-state index is 3.48. The zero-order chi connectivity index (χ0) is 11.1. The first-order valence-electron chi connectivity index (χ1n) is 5.57. The molecule has 1 aromatic rings. The van der Waals surface area contributed by atoms with Crippen molar-refractivity contribution in [2.45, 2.75) is 33.2 Å². The van der Waals surface area contributed by atoms with E-state index < -0.39 is 0 Å². The fraction of sp³-hybridized carbons (Fsp3) is 0.538. The summed E-state index contributed by atoms with van der Waals surface area (Å²) < 4.78 is 1.27. The molecule has 0 bridgehead atoms. The number of rotatable bonds is 6. The highest BCUT2D eigenvalue weighted by Crippen LogP contribution is 2.09. The molecule has 0 amide bonds. The number of aryl methyl sites for hydroxylation is 2. The van der Waals surface area contributed by atoms with Gasteiger partial charge in [-0.1, -0.05) is 40.8 Å². The predicted molar refractivity (Wildman–Crippen MR) is 75.7 cm³/mol. The van der Waals surface area contributed by atoms with Crippen molar-refractivity contribution in [1.29, 1.82) is 0 Å². The largest absolute Gasteiger partial charge is 0.313 e. The maximum atomic E-state index is 3.48. The standard InChI is InChI=1S/C13H20IN/c1-11-5-6-13(9-12(11)2)10-15-8-4-3-7-14/h5-6,9,15H,3-4,7-8,10H2,1-2H3. The third-order valence-electron chi connectivity index (χ3n) is 2.64. The highest BCUT2D eigenvalue weighted by molar-refractivity contribution is 14.1. The van der Waals surface area contributed by atoms with Crippen LogP contribution in [-0.2, 0) is 6.54 Å². The molecule has 0 radical (unpaired) electrons. The van der Waals surface area contributed by atoms with Gasteiger partial charge < -0.3 is 5.32 Å². The van der Waals surface area contributed by atoms with Gasteiger partial charge in [0.2, 0.25) is 0 Å². The first-order valence-corrected chi connectivity index (χ1v) is 7.09. The van der Waals surface area contributed by atoms with Crippen molar-refractivity contribution in [3.8, 4) is 0 Å². The van der Waals surface area contributed by atoms with Crippen LogP contribution in [0.2, 0.25) is 0 Å². The fourth-order valence-corrected chi connectivity index (χ4v) is 2.03. The van der Waals surface area contributed by atoms with Crippen molar-refractivity contribution in [3.05, 3.63) is 34.9 Å². The van der Waals surface area contributed by atoms with Gasteiger partial charge >= 0.3 is 0 Å². The van der Waals surface area contributed by atoms with Crippen molar-refractivity contribution in [2.24, 2.45) is 0 Å². The number of alkyl halides is 1. The molecule has 0 aromatic heterocycles. The van der Waals surface area contributed by atoms with E-state index in [1.165, 1.54) is 34.0 Å². The van der Waals surface area contributed by atoms with E-state index in [1.54, 1.807) is 0 Å². The van der Waals surface area contributed by atoms with E-state index in [9.17, 15) is 0 Å². The van der Waals surface area contributed by atoms with Crippen LogP contribution in [0.1, 0.15) is 29.5 Å². The van der Waals surface area contributed by atoms with Crippen molar-refractivity contribution < 1.29 is 0 Å². The van der Waals surface area contributed by atoms with Gasteiger partial charge in [0, 0.05) is 6.54 Å². The van der Waals surface area contributed by atoms with Gasteiger partial charge in [0.15, 0.2) is 0 Å². The van der Waals surface area contributed by atoms with Crippen LogP contribution < -0.4 is 5.32 Å². The minimum Gasteiger partial charge on any atom is -0.313 e. The average Bonchev–Trinajstić information content (AvgIpc) is 2.23. The Morgan fingerprint density at radius 2 is 1.93 bits per heavy atom. The second-order valence-electron chi connectivity index (χ2n) is 3.99. The molecule has 1 N–H and O–H groups in total. The normalized spacial score (nSPS) is 10.6. The lowest BCUT2D eigenvalue weighted by molar-refractivity contribution is 0.645. The Morgan fingerprint density at radius 3 is 2.60 bits per heavy atom. The lowest BCUT2D eigenvalue weighted by Crippen LogP contribution is -2.14. The van der Waals surface area contributed by atoms with Gasteiger partial charge in [-0.05, 0) is 54.4 Å². The SMILES string of the molecule is Cc1ccc(CNCCCCI)cc1C. The molecule has 0 aliphatic rings. The smallest absolute Gasteiger partial charge is 0.0205 e. The summed E-state index contributed by atoms with van der Waals surface area (Å²) in [6.07, 6.45) is 2.61. The number of benzene rings is 1. The van der Waals surface area contributed by atoms with E-state index in [-0.39, 0.29) is 0 Å². The zero-order valence-electron chi connectivity index (χ0n) is 9.65. The van der Waals surface area contributed by atoms with Gasteiger partial charge in [-0.2, -0.15) is 0 Å². The summed E-state index contributed by atoms with van der Waals surface area (Å²) >= 11 is 2.43. The summed E-state index contributed by atoms with van der Waals surface area (Å²) in [6, 6.07) is 6.70. The number of hydrogen-bond acceptors (Lipinski definition) is 1. The van der Waals surface area contributed by atoms with E-state index in [4.69, 9.17) is 0 Å². The lowest BCUT2D eigenvalue weighted by Gasteiger charge is -2.06. The van der Waals surface area contributed by atoms with Crippen molar-refractivity contribution in [3.63, 3.8) is 0 Å². The molecule has 0 unspecified atom stereocenters. The number of halogens is 1. The summed E-state index contributed by atoms with van der Waals surface area (Å²) in [7, 11) is 0. The molecule has 84 valence electrons. The molecule has 1 nitrogen and oxygen atoms in total. The van der Waals surface area contributed by atoms with Crippen LogP contribution in [0, 0.1) is 13.8 Å². The van der Waals surface area contributed by atoms with E-state index >= 15 is 0 Å². The molecule has 0 atom stereocenters. The van der Waals surface area contributed by atoms with Gasteiger partial charge in [0.1, 0.15) is 0 Å². The number of unbranched alkanes of at least 4 members (excludes halogenated alkanes) is 1. The summed E-state index contributed by atoms with van der Waals surface area (Å²) in [5, 5.41) is 3.48. The molecule has 0 saturated carbocycles. The molecule has 1 aromatic carbocycles. The summed E-state index contributed by atoms with van der Waals surface area (Å²) in [5.74, 6) is 0. The van der Waals surface area contributed by atoms with Crippen LogP contribution in [0.4, 0.5) is 0 Å². The molecule has 1 rings (SSSR count). The fourth-order valence-electron chi connectivity index (χ4n) is 1.49. The van der Waals surface area contributed by atoms with Crippen LogP contribution in [0.25, 0.3) is 0 Å². The van der Waals surface area contributed by atoms with Crippen molar-refractivity contribution in [1.82, 2.24) is 5.32 Å². The highest BCUT2D eigenvalue weighted by Gasteiger charge is 1.95. The van der Waals surface area contributed by atoms with Crippen LogP contribution in [-0.4, -0.2) is 11.0 Å². The molecule has 15 heavy (non-hydrogen) atoms. The molecule has 0 spiro atoms. The summed E-state index contributed by atoms with van der Waals surface area (Å²) in [4.78, 5) is 0. The Bertz CT molecular complexity index is 297. The number of nitrogens with one attached hydrogen (secondary N) is 1. The Kier molecular flexibility index (Phi) is 6.25. The van der Waals surface area contributed by atoms with Crippen LogP contribution >= 0.6 is 22.6 Å². The second kappa shape index (κ2) is 7.23. The molecule has 2 heteroatoms. The Morgan fingerprint density at radius 1 is 1.13 bits per heavy atom. The minimum absolute atomic E-state index is 1.00. The van der Waals surface area contributed by atoms with E-state index in [0.29, 0.717) is 0 Å². The zero-order valence-corrected chi connectivity index (χ0v) is 11.8. The van der Waals surface area contributed by atoms with Crippen LogP contribution in [0.3, 0.4) is 0 Å². The van der Waals surface area contributed by atoms with Crippen molar-refractivity contribution in [2.75, 3.05) is 11.0 Å². The first kappa shape index (κ1) is 13.0. The van der Waals surface area contributed by atoms with Crippen LogP contribution in [0.5, 0.6) is 0 Å². The summed E-state index contributed by atoms with van der Waals surface area (Å²) in [6.45, 7) is 6.47.